The van der Waals surface area contributed by atoms with Crippen molar-refractivity contribution in [2.45, 2.75) is 12.6 Å². The lowest BCUT2D eigenvalue weighted by Gasteiger charge is -2.09. The van der Waals surface area contributed by atoms with Crippen LogP contribution in [0.2, 0.25) is 0 Å². The van der Waals surface area contributed by atoms with Crippen LogP contribution in [0.15, 0.2) is 15.3 Å². The fraction of sp³-hybridized carbons (Fsp3) is 0.286. The Kier molecular flexibility index (Phi) is 3.17. The molecule has 0 aromatic carbocycles. The fourth-order valence-electron chi connectivity index (χ4n) is 0.866. The average Bonchev–Trinajstić information content (AvgIpc) is 2.06. The third kappa shape index (κ3) is 2.55. The molecule has 0 saturated heterocycles. The van der Waals surface area contributed by atoms with E-state index < -0.39 is 33.9 Å². The molecule has 1 aromatic heterocycles. The van der Waals surface area contributed by atoms with E-state index in [9.17, 15) is 26.7 Å². The Bertz CT molecular complexity index is 424. The highest BCUT2D eigenvalue weighted by Crippen LogP contribution is 2.30. The van der Waals surface area contributed by atoms with E-state index in [0.717, 1.165) is 0 Å². The monoisotopic (exact) mass is 291 g/mol. The van der Waals surface area contributed by atoms with Crippen LogP contribution < -0.4 is 5.43 Å². The molecule has 2 nitrogen and oxygen atoms in total. The van der Waals surface area contributed by atoms with Crippen LogP contribution in [0.4, 0.5) is 22.0 Å². The molecular weight excluding hydrogens is 289 g/mol. The molecular formula is C7H3BrF5NO. The van der Waals surface area contributed by atoms with Gasteiger partial charge in [-0.1, -0.05) is 0 Å². The topological polar surface area (TPSA) is 32.9 Å². The van der Waals surface area contributed by atoms with Gasteiger partial charge in [-0.3, -0.25) is 4.79 Å². The molecule has 0 aliphatic rings. The van der Waals surface area contributed by atoms with E-state index >= 15 is 0 Å². The summed E-state index contributed by atoms with van der Waals surface area (Å²) in [6.45, 7) is 0. The van der Waals surface area contributed by atoms with E-state index in [1.54, 1.807) is 0 Å². The largest absolute Gasteiger partial charge is 0.431 e. The van der Waals surface area contributed by atoms with Gasteiger partial charge in [0.15, 0.2) is 5.43 Å². The summed E-state index contributed by atoms with van der Waals surface area (Å²) in [5, 5.41) is 0. The first-order valence-electron chi connectivity index (χ1n) is 3.51. The van der Waals surface area contributed by atoms with E-state index in [0.29, 0.717) is 0 Å². The van der Waals surface area contributed by atoms with Crippen LogP contribution in [0, 0.1) is 0 Å². The molecule has 1 N–H and O–H groups in total. The first-order valence-corrected chi connectivity index (χ1v) is 4.31. The number of hydrogen-bond donors (Lipinski definition) is 1. The molecule has 1 aromatic rings. The van der Waals surface area contributed by atoms with Crippen LogP contribution in [-0.4, -0.2) is 4.98 Å². The predicted molar refractivity (Wildman–Crippen MR) is 44.7 cm³/mol. The molecule has 1 heterocycles. The zero-order valence-electron chi connectivity index (χ0n) is 6.83. The van der Waals surface area contributed by atoms with Crippen molar-refractivity contribution >= 4 is 15.9 Å². The van der Waals surface area contributed by atoms with E-state index in [-0.39, 0.29) is 6.07 Å². The van der Waals surface area contributed by atoms with Gasteiger partial charge in [-0.25, -0.2) is 8.78 Å². The number of aromatic nitrogens is 1. The number of hydrogen-bond acceptors (Lipinski definition) is 1. The minimum absolute atomic E-state index is 0.218. The molecule has 0 spiro atoms. The molecule has 0 atom stereocenters. The number of pyridine rings is 1. The molecule has 0 radical (unpaired) electrons. The SMILES string of the molecule is O=c1cc(C(F)(F)F)[nH]c(C(F)F)c1Br. The zero-order chi connectivity index (χ0) is 11.8. The Morgan fingerprint density at radius 2 is 1.87 bits per heavy atom. The van der Waals surface area contributed by atoms with Gasteiger partial charge in [0.2, 0.25) is 0 Å². The van der Waals surface area contributed by atoms with Crippen molar-refractivity contribution in [3.8, 4) is 0 Å². The first kappa shape index (κ1) is 12.2. The summed E-state index contributed by atoms with van der Waals surface area (Å²) < 4.78 is 60.2. The number of aromatic amines is 1. The van der Waals surface area contributed by atoms with Gasteiger partial charge >= 0.3 is 6.18 Å². The van der Waals surface area contributed by atoms with Gasteiger partial charge < -0.3 is 4.98 Å². The third-order valence-electron chi connectivity index (χ3n) is 1.52. The normalized spacial score (nSPS) is 12.2. The van der Waals surface area contributed by atoms with E-state index in [2.05, 4.69) is 15.9 Å². The molecule has 84 valence electrons. The van der Waals surface area contributed by atoms with Gasteiger partial charge in [-0.15, -0.1) is 0 Å². The van der Waals surface area contributed by atoms with Crippen LogP contribution in [0.3, 0.4) is 0 Å². The Labute approximate surface area is 88.2 Å². The Morgan fingerprint density at radius 1 is 1.33 bits per heavy atom. The van der Waals surface area contributed by atoms with Gasteiger partial charge in [0.1, 0.15) is 11.4 Å². The molecule has 0 unspecified atom stereocenters. The molecule has 0 aliphatic carbocycles. The third-order valence-corrected chi connectivity index (χ3v) is 2.34. The number of H-pyrrole nitrogens is 1. The highest BCUT2D eigenvalue weighted by atomic mass is 79.9. The standard InChI is InChI=1S/C7H3BrF5NO/c8-4-2(15)1-3(7(11,12)13)14-5(4)6(9)10/h1,6H,(H,14,15). The maximum atomic E-state index is 12.2. The summed E-state index contributed by atoms with van der Waals surface area (Å²) in [6.07, 6.45) is -8.04. The van der Waals surface area contributed by atoms with Crippen LogP contribution in [0.1, 0.15) is 17.8 Å². The molecule has 0 aliphatic heterocycles. The molecule has 0 amide bonds. The van der Waals surface area contributed by atoms with Crippen molar-refractivity contribution < 1.29 is 22.0 Å². The van der Waals surface area contributed by atoms with E-state index in [4.69, 9.17) is 0 Å². The van der Waals surface area contributed by atoms with Crippen molar-refractivity contribution in [2.24, 2.45) is 0 Å². The molecule has 8 heteroatoms. The summed E-state index contributed by atoms with van der Waals surface area (Å²) in [5.74, 6) is 0. The summed E-state index contributed by atoms with van der Waals surface area (Å²) in [5.41, 5.74) is -3.71. The lowest BCUT2D eigenvalue weighted by Crippen LogP contribution is -2.16. The second-order valence-electron chi connectivity index (χ2n) is 2.57. The lowest BCUT2D eigenvalue weighted by molar-refractivity contribution is -0.141. The quantitative estimate of drug-likeness (QED) is 0.793. The van der Waals surface area contributed by atoms with Gasteiger partial charge in [0.05, 0.1) is 4.47 Å². The Balaban J connectivity index is 3.43. The molecule has 1 rings (SSSR count). The fourth-order valence-corrected chi connectivity index (χ4v) is 1.25. The lowest BCUT2D eigenvalue weighted by atomic mass is 10.3. The molecule has 0 bridgehead atoms. The molecule has 0 fully saturated rings. The predicted octanol–water partition coefficient (Wildman–Crippen LogP) is 3.09. The highest BCUT2D eigenvalue weighted by molar-refractivity contribution is 9.10. The van der Waals surface area contributed by atoms with E-state index in [1.807, 2.05) is 0 Å². The van der Waals surface area contributed by atoms with Crippen LogP contribution in [-0.2, 0) is 6.18 Å². The average molecular weight is 292 g/mol. The number of nitrogens with one attached hydrogen (secondary N) is 1. The second-order valence-corrected chi connectivity index (χ2v) is 3.37. The minimum Gasteiger partial charge on any atom is -0.349 e. The van der Waals surface area contributed by atoms with Crippen molar-refractivity contribution in [3.63, 3.8) is 0 Å². The van der Waals surface area contributed by atoms with Gasteiger partial charge in [-0.05, 0) is 15.9 Å². The zero-order valence-corrected chi connectivity index (χ0v) is 8.42. The first-order chi connectivity index (χ1) is 6.73. The Morgan fingerprint density at radius 3 is 2.27 bits per heavy atom. The molecule has 0 saturated carbocycles. The number of halogens is 6. The van der Waals surface area contributed by atoms with Crippen molar-refractivity contribution in [3.05, 3.63) is 32.2 Å². The van der Waals surface area contributed by atoms with Crippen molar-refractivity contribution in [1.82, 2.24) is 4.98 Å². The van der Waals surface area contributed by atoms with E-state index in [1.165, 1.54) is 4.98 Å². The van der Waals surface area contributed by atoms with Crippen LogP contribution >= 0.6 is 15.9 Å². The van der Waals surface area contributed by atoms with Crippen LogP contribution in [0.5, 0.6) is 0 Å². The minimum atomic E-state index is -4.86. The maximum absolute atomic E-state index is 12.2. The summed E-state index contributed by atoms with van der Waals surface area (Å²) in [7, 11) is 0. The second kappa shape index (κ2) is 3.92. The summed E-state index contributed by atoms with van der Waals surface area (Å²) in [6, 6.07) is 0.218. The van der Waals surface area contributed by atoms with Gasteiger partial charge in [-0.2, -0.15) is 13.2 Å². The molecule has 15 heavy (non-hydrogen) atoms. The summed E-state index contributed by atoms with van der Waals surface area (Å²) >= 11 is 2.49. The smallest absolute Gasteiger partial charge is 0.349 e. The van der Waals surface area contributed by atoms with Crippen molar-refractivity contribution in [1.29, 1.82) is 0 Å². The van der Waals surface area contributed by atoms with Crippen molar-refractivity contribution in [2.75, 3.05) is 0 Å². The highest BCUT2D eigenvalue weighted by Gasteiger charge is 2.33. The summed E-state index contributed by atoms with van der Waals surface area (Å²) in [4.78, 5) is 12.4. The number of alkyl halides is 5. The van der Waals surface area contributed by atoms with Gasteiger partial charge in [0, 0.05) is 6.07 Å². The van der Waals surface area contributed by atoms with Gasteiger partial charge in [0.25, 0.3) is 6.43 Å². The Hall–Kier alpha value is -0.920. The number of rotatable bonds is 1. The maximum Gasteiger partial charge on any atom is 0.431 e. The van der Waals surface area contributed by atoms with Crippen LogP contribution in [0.25, 0.3) is 0 Å².